The summed E-state index contributed by atoms with van der Waals surface area (Å²) in [5.41, 5.74) is 1.19. The molecule has 0 bridgehead atoms. The van der Waals surface area contributed by atoms with Crippen LogP contribution < -0.4 is 4.74 Å². The first kappa shape index (κ1) is 16.8. The molecule has 0 saturated carbocycles. The van der Waals surface area contributed by atoms with E-state index >= 15 is 0 Å². The molecule has 3 rings (SSSR count). The summed E-state index contributed by atoms with van der Waals surface area (Å²) in [7, 11) is -3.43. The molecule has 0 atom stereocenters. The van der Waals surface area contributed by atoms with Crippen LogP contribution in [0.4, 0.5) is 0 Å². The Bertz CT molecular complexity index is 763. The highest BCUT2D eigenvalue weighted by Crippen LogP contribution is 2.30. The van der Waals surface area contributed by atoms with Crippen molar-refractivity contribution in [2.75, 3.05) is 13.1 Å². The van der Waals surface area contributed by atoms with E-state index in [9.17, 15) is 8.42 Å². The predicted octanol–water partition coefficient (Wildman–Crippen LogP) is 3.94. The van der Waals surface area contributed by atoms with Crippen LogP contribution in [0.1, 0.15) is 18.4 Å². The Morgan fingerprint density at radius 3 is 2.35 bits per heavy atom. The number of rotatable bonds is 4. The van der Waals surface area contributed by atoms with Crippen LogP contribution in [0, 0.1) is 6.92 Å². The van der Waals surface area contributed by atoms with Crippen LogP contribution in [0.5, 0.6) is 5.75 Å². The molecule has 1 aromatic carbocycles. The van der Waals surface area contributed by atoms with Crippen molar-refractivity contribution in [3.8, 4) is 5.75 Å². The number of thiophene rings is 1. The predicted molar refractivity (Wildman–Crippen MR) is 92.9 cm³/mol. The fourth-order valence-corrected chi connectivity index (χ4v) is 5.67. The molecule has 0 radical (unpaired) electrons. The van der Waals surface area contributed by atoms with Crippen molar-refractivity contribution in [1.29, 1.82) is 0 Å². The van der Waals surface area contributed by atoms with Gasteiger partial charge in [-0.15, -0.1) is 11.3 Å². The second-order valence-electron chi connectivity index (χ2n) is 5.59. The van der Waals surface area contributed by atoms with Crippen LogP contribution in [0.2, 0.25) is 4.34 Å². The maximum absolute atomic E-state index is 12.5. The summed E-state index contributed by atoms with van der Waals surface area (Å²) in [4.78, 5) is 0. The summed E-state index contributed by atoms with van der Waals surface area (Å²) < 4.78 is 33.3. The maximum Gasteiger partial charge on any atom is 0.252 e. The molecule has 7 heteroatoms. The molecule has 0 aliphatic carbocycles. The van der Waals surface area contributed by atoms with Gasteiger partial charge in [-0.1, -0.05) is 29.3 Å². The first-order valence-electron chi connectivity index (χ1n) is 7.44. The molecule has 0 N–H and O–H groups in total. The Balaban J connectivity index is 1.61. The second-order valence-corrected chi connectivity index (χ2v) is 9.47. The van der Waals surface area contributed by atoms with E-state index < -0.39 is 10.0 Å². The number of hydrogen-bond donors (Lipinski definition) is 0. The summed E-state index contributed by atoms with van der Waals surface area (Å²) >= 11 is 6.94. The van der Waals surface area contributed by atoms with Crippen LogP contribution in [-0.4, -0.2) is 31.9 Å². The number of hydrogen-bond acceptors (Lipinski definition) is 4. The lowest BCUT2D eigenvalue weighted by molar-refractivity contribution is 0.135. The number of sulfonamides is 1. The number of aryl methyl sites for hydroxylation is 1. The van der Waals surface area contributed by atoms with Crippen molar-refractivity contribution in [2.45, 2.75) is 30.1 Å². The zero-order valence-electron chi connectivity index (χ0n) is 12.7. The first-order valence-corrected chi connectivity index (χ1v) is 10.1. The lowest BCUT2D eigenvalue weighted by Crippen LogP contribution is -2.41. The topological polar surface area (TPSA) is 46.6 Å². The van der Waals surface area contributed by atoms with Gasteiger partial charge in [0, 0.05) is 13.1 Å². The Hall–Kier alpha value is -1.08. The van der Waals surface area contributed by atoms with Gasteiger partial charge in [0.05, 0.1) is 4.34 Å². The summed E-state index contributed by atoms with van der Waals surface area (Å²) in [6.07, 6.45) is 1.43. The SMILES string of the molecule is Cc1ccc(OC2CCN(S(=O)(=O)c3ccc(Cl)s3)CC2)cc1. The fourth-order valence-electron chi connectivity index (χ4n) is 2.56. The van der Waals surface area contributed by atoms with Gasteiger partial charge in [0.1, 0.15) is 16.1 Å². The highest BCUT2D eigenvalue weighted by Gasteiger charge is 2.31. The zero-order valence-corrected chi connectivity index (χ0v) is 15.1. The summed E-state index contributed by atoms with van der Waals surface area (Å²) in [5, 5.41) is 0. The fraction of sp³-hybridized carbons (Fsp3) is 0.375. The summed E-state index contributed by atoms with van der Waals surface area (Å²) in [6.45, 7) is 2.96. The smallest absolute Gasteiger partial charge is 0.252 e. The average molecular weight is 372 g/mol. The molecule has 2 heterocycles. The van der Waals surface area contributed by atoms with Crippen molar-refractivity contribution in [1.82, 2.24) is 4.31 Å². The molecule has 0 unspecified atom stereocenters. The quantitative estimate of drug-likeness (QED) is 0.817. The Morgan fingerprint density at radius 2 is 1.78 bits per heavy atom. The third-order valence-electron chi connectivity index (χ3n) is 3.87. The molecule has 1 aromatic heterocycles. The average Bonchev–Trinajstić information content (AvgIpc) is 2.98. The molecule has 1 saturated heterocycles. The lowest BCUT2D eigenvalue weighted by atomic mass is 10.1. The third-order valence-corrected chi connectivity index (χ3v) is 7.46. The number of ether oxygens (including phenoxy) is 1. The van der Waals surface area contributed by atoms with E-state index in [1.165, 1.54) is 9.87 Å². The van der Waals surface area contributed by atoms with Gasteiger partial charge in [-0.3, -0.25) is 0 Å². The second kappa shape index (κ2) is 6.81. The van der Waals surface area contributed by atoms with E-state index in [0.717, 1.165) is 17.1 Å². The molecule has 23 heavy (non-hydrogen) atoms. The van der Waals surface area contributed by atoms with Crippen molar-refractivity contribution in [3.63, 3.8) is 0 Å². The normalized spacial score (nSPS) is 17.3. The van der Waals surface area contributed by atoms with Gasteiger partial charge in [0.2, 0.25) is 0 Å². The number of piperidine rings is 1. The molecule has 124 valence electrons. The van der Waals surface area contributed by atoms with Gasteiger partial charge in [0.15, 0.2) is 0 Å². The highest BCUT2D eigenvalue weighted by molar-refractivity contribution is 7.91. The van der Waals surface area contributed by atoms with E-state index in [2.05, 4.69) is 0 Å². The summed E-state index contributed by atoms with van der Waals surface area (Å²) in [5.74, 6) is 0.835. The molecular weight excluding hydrogens is 354 g/mol. The summed E-state index contributed by atoms with van der Waals surface area (Å²) in [6, 6.07) is 11.1. The third kappa shape index (κ3) is 3.88. The largest absolute Gasteiger partial charge is 0.490 e. The van der Waals surface area contributed by atoms with E-state index in [1.54, 1.807) is 12.1 Å². The minimum absolute atomic E-state index is 0.0519. The maximum atomic E-state index is 12.5. The highest BCUT2D eigenvalue weighted by atomic mass is 35.5. The van der Waals surface area contributed by atoms with Crippen LogP contribution in [0.3, 0.4) is 0 Å². The van der Waals surface area contributed by atoms with Gasteiger partial charge in [-0.05, 0) is 44.0 Å². The van der Waals surface area contributed by atoms with Crippen molar-refractivity contribution < 1.29 is 13.2 Å². The van der Waals surface area contributed by atoms with Crippen molar-refractivity contribution in [3.05, 3.63) is 46.3 Å². The number of benzene rings is 1. The minimum atomic E-state index is -3.43. The van der Waals surface area contributed by atoms with E-state index in [-0.39, 0.29) is 6.10 Å². The van der Waals surface area contributed by atoms with Gasteiger partial charge < -0.3 is 4.74 Å². The monoisotopic (exact) mass is 371 g/mol. The molecule has 4 nitrogen and oxygen atoms in total. The number of nitrogens with zero attached hydrogens (tertiary/aromatic N) is 1. The van der Waals surface area contributed by atoms with Crippen molar-refractivity contribution >= 4 is 33.0 Å². The van der Waals surface area contributed by atoms with Crippen LogP contribution >= 0.6 is 22.9 Å². The molecule has 0 amide bonds. The number of halogens is 1. The van der Waals surface area contributed by atoms with E-state index in [4.69, 9.17) is 16.3 Å². The lowest BCUT2D eigenvalue weighted by Gasteiger charge is -2.31. The zero-order chi connectivity index (χ0) is 16.4. The Morgan fingerprint density at radius 1 is 1.13 bits per heavy atom. The van der Waals surface area contributed by atoms with Gasteiger partial charge >= 0.3 is 0 Å². The minimum Gasteiger partial charge on any atom is -0.490 e. The van der Waals surface area contributed by atoms with E-state index in [0.29, 0.717) is 34.5 Å². The van der Waals surface area contributed by atoms with E-state index in [1.807, 2.05) is 31.2 Å². The Kier molecular flexibility index (Phi) is 4.96. The van der Waals surface area contributed by atoms with Crippen LogP contribution in [-0.2, 0) is 10.0 Å². The molecular formula is C16H18ClNO3S2. The van der Waals surface area contributed by atoms with Crippen LogP contribution in [0.25, 0.3) is 0 Å². The molecule has 1 fully saturated rings. The molecule has 1 aliphatic rings. The first-order chi connectivity index (χ1) is 10.9. The molecule has 2 aromatic rings. The Labute approximate surface area is 145 Å². The molecule has 0 spiro atoms. The van der Waals surface area contributed by atoms with Crippen molar-refractivity contribution in [2.24, 2.45) is 0 Å². The molecule has 1 aliphatic heterocycles. The standard InChI is InChI=1S/C16H18ClNO3S2/c1-12-2-4-13(5-3-12)21-14-8-10-18(11-9-14)23(19,20)16-7-6-15(17)22-16/h2-7,14H,8-11H2,1H3. The van der Waals surface area contributed by atoms with Gasteiger partial charge in [-0.25, -0.2) is 8.42 Å². The van der Waals surface area contributed by atoms with Gasteiger partial charge in [0.25, 0.3) is 10.0 Å². The van der Waals surface area contributed by atoms with Crippen LogP contribution in [0.15, 0.2) is 40.6 Å². The van der Waals surface area contributed by atoms with Gasteiger partial charge in [-0.2, -0.15) is 4.31 Å².